The summed E-state index contributed by atoms with van der Waals surface area (Å²) in [5.41, 5.74) is 2.89. The number of benzene rings is 3. The van der Waals surface area contributed by atoms with Gasteiger partial charge in [-0.3, -0.25) is 4.79 Å². The number of carbonyl (C=O) groups excluding carboxylic acids is 2. The molecule has 0 spiro atoms. The third kappa shape index (κ3) is 8.55. The lowest BCUT2D eigenvalue weighted by atomic mass is 9.88. The fraction of sp³-hybridized carbons (Fsp3) is 0.394. The molecular formula is C33H40N2O6. The van der Waals surface area contributed by atoms with Crippen LogP contribution in [0.15, 0.2) is 78.9 Å². The van der Waals surface area contributed by atoms with Crippen LogP contribution in [0.3, 0.4) is 0 Å². The van der Waals surface area contributed by atoms with Gasteiger partial charge in [0.25, 0.3) is 0 Å². The Balaban J connectivity index is 1.55. The number of aliphatic hydroxyl groups is 2. The molecule has 1 aliphatic carbocycles. The average molecular weight is 561 g/mol. The SMILES string of the molecule is CC(C)(C)OC(=O)N[C@@H](Cc1ccc(O)cc1)[C@@H](O)C[C@@H](Cc1ccccc1)C(=O)N[C@@H]1c2ccccc2C[C@@H]1O. The standard InChI is InChI=1S/C33H40N2O6/c1-33(2,3)41-32(40)34-27(18-22-13-15-25(36)16-14-22)28(37)20-24(17-21-9-5-4-6-10-21)31(39)35-30-26-12-8-7-11-23(26)19-29(30)38/h4-16,24,27-30,36-38H,17-20H2,1-3H3,(H,34,40)(H,35,39)/t24-,27+,28+,29+,30-/m1/s1. The normalized spacial score (nSPS) is 18.6. The molecule has 5 N–H and O–H groups in total. The first kappa shape index (κ1) is 30.1. The van der Waals surface area contributed by atoms with Crippen LogP contribution in [0, 0.1) is 5.92 Å². The molecule has 218 valence electrons. The fourth-order valence-electron chi connectivity index (χ4n) is 5.28. The maximum atomic E-state index is 13.7. The van der Waals surface area contributed by atoms with Crippen LogP contribution < -0.4 is 10.6 Å². The third-order valence-corrected chi connectivity index (χ3v) is 7.28. The van der Waals surface area contributed by atoms with Gasteiger partial charge in [0.1, 0.15) is 11.4 Å². The summed E-state index contributed by atoms with van der Waals surface area (Å²) in [4.78, 5) is 26.5. The molecule has 0 aliphatic heterocycles. The summed E-state index contributed by atoms with van der Waals surface area (Å²) in [6, 6.07) is 22.4. The predicted molar refractivity (Wildman–Crippen MR) is 156 cm³/mol. The number of fused-ring (bicyclic) bond motifs is 1. The molecular weight excluding hydrogens is 520 g/mol. The number of alkyl carbamates (subject to hydrolysis) is 1. The summed E-state index contributed by atoms with van der Waals surface area (Å²) in [5, 5.41) is 37.7. The lowest BCUT2D eigenvalue weighted by molar-refractivity contribution is -0.127. The molecule has 0 saturated carbocycles. The number of carbonyl (C=O) groups is 2. The third-order valence-electron chi connectivity index (χ3n) is 7.28. The molecule has 0 unspecified atom stereocenters. The fourth-order valence-corrected chi connectivity index (χ4v) is 5.28. The van der Waals surface area contributed by atoms with Crippen molar-refractivity contribution < 1.29 is 29.6 Å². The highest BCUT2D eigenvalue weighted by Crippen LogP contribution is 2.32. The molecule has 0 heterocycles. The molecule has 0 aromatic heterocycles. The van der Waals surface area contributed by atoms with Crippen LogP contribution >= 0.6 is 0 Å². The number of phenolic OH excluding ortho intramolecular Hbond substituents is 1. The number of hydrogen-bond acceptors (Lipinski definition) is 6. The number of phenols is 1. The molecule has 2 amide bonds. The van der Waals surface area contributed by atoms with Crippen molar-refractivity contribution in [3.05, 3.63) is 101 Å². The monoisotopic (exact) mass is 560 g/mol. The van der Waals surface area contributed by atoms with E-state index in [9.17, 15) is 24.9 Å². The van der Waals surface area contributed by atoms with Crippen molar-refractivity contribution in [1.82, 2.24) is 10.6 Å². The van der Waals surface area contributed by atoms with Crippen molar-refractivity contribution in [2.45, 2.75) is 76.3 Å². The minimum atomic E-state index is -1.10. The second-order valence-corrected chi connectivity index (χ2v) is 11.8. The number of hydrogen-bond donors (Lipinski definition) is 5. The molecule has 0 bridgehead atoms. The van der Waals surface area contributed by atoms with E-state index in [1.807, 2.05) is 54.6 Å². The van der Waals surface area contributed by atoms with Crippen LogP contribution in [0.2, 0.25) is 0 Å². The van der Waals surface area contributed by atoms with Crippen molar-refractivity contribution in [2.75, 3.05) is 0 Å². The van der Waals surface area contributed by atoms with Gasteiger partial charge in [-0.25, -0.2) is 4.79 Å². The number of rotatable bonds is 10. The Morgan fingerprint density at radius 3 is 2.24 bits per heavy atom. The smallest absolute Gasteiger partial charge is 0.407 e. The number of aliphatic hydroxyl groups excluding tert-OH is 2. The minimum Gasteiger partial charge on any atom is -0.508 e. The Morgan fingerprint density at radius 2 is 1.56 bits per heavy atom. The molecule has 4 rings (SSSR count). The van der Waals surface area contributed by atoms with Crippen molar-refractivity contribution in [1.29, 1.82) is 0 Å². The van der Waals surface area contributed by atoms with Gasteiger partial charge in [0, 0.05) is 12.3 Å². The van der Waals surface area contributed by atoms with E-state index in [1.54, 1.807) is 45.0 Å². The van der Waals surface area contributed by atoms with E-state index < -0.39 is 41.9 Å². The molecule has 0 radical (unpaired) electrons. The van der Waals surface area contributed by atoms with Gasteiger partial charge in [-0.15, -0.1) is 0 Å². The Kier molecular flexibility index (Phi) is 9.68. The number of aromatic hydroxyl groups is 1. The summed E-state index contributed by atoms with van der Waals surface area (Å²) in [5.74, 6) is -0.814. The van der Waals surface area contributed by atoms with Gasteiger partial charge in [-0.2, -0.15) is 0 Å². The zero-order chi connectivity index (χ0) is 29.6. The average Bonchev–Trinajstić information content (AvgIpc) is 3.23. The van der Waals surface area contributed by atoms with E-state index in [-0.39, 0.29) is 24.5 Å². The molecule has 5 atom stereocenters. The van der Waals surface area contributed by atoms with Gasteiger partial charge >= 0.3 is 6.09 Å². The maximum Gasteiger partial charge on any atom is 0.407 e. The van der Waals surface area contributed by atoms with Crippen molar-refractivity contribution in [2.24, 2.45) is 5.92 Å². The highest BCUT2D eigenvalue weighted by atomic mass is 16.6. The van der Waals surface area contributed by atoms with E-state index in [4.69, 9.17) is 4.74 Å². The molecule has 8 heteroatoms. The second kappa shape index (κ2) is 13.2. The zero-order valence-corrected chi connectivity index (χ0v) is 23.8. The van der Waals surface area contributed by atoms with Crippen molar-refractivity contribution in [3.8, 4) is 5.75 Å². The number of nitrogens with one attached hydrogen (secondary N) is 2. The van der Waals surface area contributed by atoms with Gasteiger partial charge in [-0.05, 0) is 74.4 Å². The highest BCUT2D eigenvalue weighted by molar-refractivity contribution is 5.80. The molecule has 0 saturated heterocycles. The summed E-state index contributed by atoms with van der Waals surface area (Å²) in [7, 11) is 0. The van der Waals surface area contributed by atoms with Gasteiger partial charge in [0.15, 0.2) is 0 Å². The zero-order valence-electron chi connectivity index (χ0n) is 23.8. The first-order chi connectivity index (χ1) is 19.5. The van der Waals surface area contributed by atoms with Gasteiger partial charge in [-0.1, -0.05) is 66.7 Å². The first-order valence-corrected chi connectivity index (χ1v) is 14.0. The molecule has 8 nitrogen and oxygen atoms in total. The number of ether oxygens (including phenoxy) is 1. The van der Waals surface area contributed by atoms with Gasteiger partial charge < -0.3 is 30.7 Å². The van der Waals surface area contributed by atoms with Crippen LogP contribution in [0.25, 0.3) is 0 Å². The number of amides is 2. The Labute approximate surface area is 241 Å². The topological polar surface area (TPSA) is 128 Å². The first-order valence-electron chi connectivity index (χ1n) is 14.0. The maximum absolute atomic E-state index is 13.7. The largest absolute Gasteiger partial charge is 0.508 e. The lowest BCUT2D eigenvalue weighted by Gasteiger charge is -2.29. The van der Waals surface area contributed by atoms with Crippen LogP contribution in [0.1, 0.15) is 55.5 Å². The quantitative estimate of drug-likeness (QED) is 0.253. The van der Waals surface area contributed by atoms with Crippen LogP contribution in [-0.2, 0) is 28.8 Å². The van der Waals surface area contributed by atoms with E-state index in [0.29, 0.717) is 12.8 Å². The molecule has 3 aromatic rings. The predicted octanol–water partition coefficient (Wildman–Crippen LogP) is 4.21. The summed E-state index contributed by atoms with van der Waals surface area (Å²) < 4.78 is 5.45. The van der Waals surface area contributed by atoms with Crippen LogP contribution in [0.4, 0.5) is 4.79 Å². The molecule has 41 heavy (non-hydrogen) atoms. The summed E-state index contributed by atoms with van der Waals surface area (Å²) in [6.45, 7) is 5.27. The Hall–Kier alpha value is -3.88. The second-order valence-electron chi connectivity index (χ2n) is 11.8. The van der Waals surface area contributed by atoms with Gasteiger partial charge in [0.2, 0.25) is 5.91 Å². The van der Waals surface area contributed by atoms with Crippen molar-refractivity contribution >= 4 is 12.0 Å². The van der Waals surface area contributed by atoms with E-state index >= 15 is 0 Å². The van der Waals surface area contributed by atoms with Crippen LogP contribution in [-0.4, -0.2) is 51.2 Å². The molecule has 1 aliphatic rings. The Morgan fingerprint density at radius 1 is 0.927 bits per heavy atom. The van der Waals surface area contributed by atoms with Gasteiger partial charge in [0.05, 0.1) is 24.3 Å². The lowest BCUT2D eigenvalue weighted by Crippen LogP contribution is -2.48. The summed E-state index contributed by atoms with van der Waals surface area (Å²) in [6.07, 6.45) is -1.37. The minimum absolute atomic E-state index is 0.0593. The molecule has 3 aromatic carbocycles. The Bertz CT molecular complexity index is 1310. The van der Waals surface area contributed by atoms with E-state index in [1.165, 1.54) is 0 Å². The van der Waals surface area contributed by atoms with Crippen molar-refractivity contribution in [3.63, 3.8) is 0 Å². The summed E-state index contributed by atoms with van der Waals surface area (Å²) >= 11 is 0. The molecule has 0 fully saturated rings. The highest BCUT2D eigenvalue weighted by Gasteiger charge is 2.35. The van der Waals surface area contributed by atoms with E-state index in [2.05, 4.69) is 10.6 Å². The van der Waals surface area contributed by atoms with E-state index in [0.717, 1.165) is 22.3 Å². The van der Waals surface area contributed by atoms with Crippen LogP contribution in [0.5, 0.6) is 5.75 Å².